The number of aliphatic carboxylic acids is 1. The van der Waals surface area contributed by atoms with Crippen molar-refractivity contribution < 1.29 is 19.4 Å². The number of benzene rings is 1. The number of amides is 1. The summed E-state index contributed by atoms with van der Waals surface area (Å²) in [6.07, 6.45) is 4.19. The standard InChI is InChI=1S/C18H25NO4/c20-17(19-16-9-4-8-15(16)18(21)22)10-5-12-23-13-11-14-6-2-1-3-7-14/h1-3,6-7,15-16H,4-5,8-13H2,(H,19,20)(H,21,22)/t15-,16+/m1/s1. The monoisotopic (exact) mass is 319 g/mol. The average molecular weight is 319 g/mol. The smallest absolute Gasteiger partial charge is 0.308 e. The van der Waals surface area contributed by atoms with Crippen LogP contribution in [0.5, 0.6) is 0 Å². The van der Waals surface area contributed by atoms with Gasteiger partial charge in [-0.05, 0) is 31.2 Å². The lowest BCUT2D eigenvalue weighted by Crippen LogP contribution is -2.40. The van der Waals surface area contributed by atoms with Crippen molar-refractivity contribution in [2.45, 2.75) is 44.6 Å². The molecule has 1 aliphatic rings. The van der Waals surface area contributed by atoms with Crippen LogP contribution >= 0.6 is 0 Å². The van der Waals surface area contributed by atoms with Crippen LogP contribution in [0.15, 0.2) is 30.3 Å². The molecule has 1 amide bonds. The van der Waals surface area contributed by atoms with Crippen molar-refractivity contribution in [2.24, 2.45) is 5.92 Å². The van der Waals surface area contributed by atoms with Gasteiger partial charge in [0, 0.05) is 19.1 Å². The number of hydrogen-bond donors (Lipinski definition) is 2. The molecule has 1 fully saturated rings. The van der Waals surface area contributed by atoms with Crippen LogP contribution in [0.4, 0.5) is 0 Å². The fourth-order valence-corrected chi connectivity index (χ4v) is 2.98. The van der Waals surface area contributed by atoms with Gasteiger partial charge in [-0.1, -0.05) is 36.8 Å². The SMILES string of the molecule is O=C(CCCOCCc1ccccc1)N[C@H]1CCC[C@H]1C(=O)O. The highest BCUT2D eigenvalue weighted by atomic mass is 16.5. The van der Waals surface area contributed by atoms with Crippen LogP contribution in [0.1, 0.15) is 37.7 Å². The number of carbonyl (C=O) groups excluding carboxylic acids is 1. The van der Waals surface area contributed by atoms with E-state index >= 15 is 0 Å². The second kappa shape index (κ2) is 9.30. The minimum absolute atomic E-state index is 0.0743. The van der Waals surface area contributed by atoms with Gasteiger partial charge in [0.15, 0.2) is 0 Å². The van der Waals surface area contributed by atoms with Crippen molar-refractivity contribution in [2.75, 3.05) is 13.2 Å². The van der Waals surface area contributed by atoms with Gasteiger partial charge < -0.3 is 15.2 Å². The molecule has 0 saturated heterocycles. The van der Waals surface area contributed by atoms with Gasteiger partial charge in [0.25, 0.3) is 0 Å². The molecule has 0 aliphatic heterocycles. The Morgan fingerprint density at radius 3 is 2.70 bits per heavy atom. The number of nitrogens with one attached hydrogen (secondary N) is 1. The summed E-state index contributed by atoms with van der Waals surface area (Å²) in [5, 5.41) is 11.9. The molecule has 126 valence electrons. The summed E-state index contributed by atoms with van der Waals surface area (Å²) in [6, 6.07) is 9.93. The van der Waals surface area contributed by atoms with Crippen molar-refractivity contribution in [1.82, 2.24) is 5.32 Å². The van der Waals surface area contributed by atoms with Crippen molar-refractivity contribution in [3.63, 3.8) is 0 Å². The molecule has 5 nitrogen and oxygen atoms in total. The molecule has 1 aromatic carbocycles. The molecule has 2 atom stereocenters. The number of carboxylic acid groups (broad SMARTS) is 1. The van der Waals surface area contributed by atoms with Crippen LogP contribution in [0, 0.1) is 5.92 Å². The highest BCUT2D eigenvalue weighted by Gasteiger charge is 2.33. The Balaban J connectivity index is 1.54. The summed E-state index contributed by atoms with van der Waals surface area (Å²) >= 11 is 0. The fourth-order valence-electron chi connectivity index (χ4n) is 2.98. The van der Waals surface area contributed by atoms with Crippen LogP contribution in [0.2, 0.25) is 0 Å². The minimum Gasteiger partial charge on any atom is -0.481 e. The Hall–Kier alpha value is -1.88. The van der Waals surface area contributed by atoms with Gasteiger partial charge in [0.05, 0.1) is 12.5 Å². The molecule has 1 aromatic rings. The van der Waals surface area contributed by atoms with Gasteiger partial charge >= 0.3 is 5.97 Å². The number of carboxylic acids is 1. The Morgan fingerprint density at radius 2 is 1.96 bits per heavy atom. The van der Waals surface area contributed by atoms with Crippen molar-refractivity contribution in [3.05, 3.63) is 35.9 Å². The van der Waals surface area contributed by atoms with E-state index in [9.17, 15) is 9.59 Å². The highest BCUT2D eigenvalue weighted by molar-refractivity contribution is 5.78. The Morgan fingerprint density at radius 1 is 1.17 bits per heavy atom. The molecule has 0 spiro atoms. The first-order valence-electron chi connectivity index (χ1n) is 8.30. The fraction of sp³-hybridized carbons (Fsp3) is 0.556. The summed E-state index contributed by atoms with van der Waals surface area (Å²) < 4.78 is 5.54. The second-order valence-electron chi connectivity index (χ2n) is 6.00. The molecule has 1 aliphatic carbocycles. The molecule has 0 bridgehead atoms. The molecule has 0 unspecified atom stereocenters. The number of rotatable bonds is 9. The zero-order chi connectivity index (χ0) is 16.5. The molecular weight excluding hydrogens is 294 g/mol. The summed E-state index contributed by atoms with van der Waals surface area (Å²) in [6.45, 7) is 1.20. The lowest BCUT2D eigenvalue weighted by molar-refractivity contribution is -0.142. The Kier molecular flexibility index (Phi) is 7.07. The molecule has 2 rings (SSSR count). The first-order chi connectivity index (χ1) is 11.2. The Labute approximate surface area is 137 Å². The Bertz CT molecular complexity index is 503. The lowest BCUT2D eigenvalue weighted by Gasteiger charge is -2.17. The van der Waals surface area contributed by atoms with Crippen LogP contribution in [0.3, 0.4) is 0 Å². The largest absolute Gasteiger partial charge is 0.481 e. The summed E-state index contributed by atoms with van der Waals surface area (Å²) in [5.74, 6) is -1.31. The molecule has 23 heavy (non-hydrogen) atoms. The van der Waals surface area contributed by atoms with Crippen LogP contribution in [-0.2, 0) is 20.7 Å². The summed E-state index contributed by atoms with van der Waals surface area (Å²) in [4.78, 5) is 22.9. The predicted octanol–water partition coefficient (Wildman–Crippen LogP) is 2.40. The first kappa shape index (κ1) is 17.5. The maximum absolute atomic E-state index is 11.9. The van der Waals surface area contributed by atoms with Gasteiger partial charge in [-0.15, -0.1) is 0 Å². The molecule has 2 N–H and O–H groups in total. The topological polar surface area (TPSA) is 75.6 Å². The predicted molar refractivity (Wildman–Crippen MR) is 87.1 cm³/mol. The zero-order valence-electron chi connectivity index (χ0n) is 13.4. The van der Waals surface area contributed by atoms with Crippen LogP contribution < -0.4 is 5.32 Å². The maximum Gasteiger partial charge on any atom is 0.308 e. The maximum atomic E-state index is 11.9. The van der Waals surface area contributed by atoms with Crippen LogP contribution in [-0.4, -0.2) is 36.2 Å². The quantitative estimate of drug-likeness (QED) is 0.685. The molecule has 5 heteroatoms. The molecule has 0 radical (unpaired) electrons. The van der Waals surface area contributed by atoms with Crippen LogP contribution in [0.25, 0.3) is 0 Å². The van der Waals surface area contributed by atoms with E-state index in [2.05, 4.69) is 17.4 Å². The number of ether oxygens (including phenoxy) is 1. The van der Waals surface area contributed by atoms with E-state index in [1.165, 1.54) is 5.56 Å². The zero-order valence-corrected chi connectivity index (χ0v) is 13.4. The molecular formula is C18H25NO4. The molecule has 0 heterocycles. The number of hydrogen-bond acceptors (Lipinski definition) is 3. The van der Waals surface area contributed by atoms with Crippen molar-refractivity contribution >= 4 is 11.9 Å². The van der Waals surface area contributed by atoms with Gasteiger partial charge in [0.2, 0.25) is 5.91 Å². The van der Waals surface area contributed by atoms with Gasteiger partial charge in [-0.25, -0.2) is 0 Å². The summed E-state index contributed by atoms with van der Waals surface area (Å²) in [7, 11) is 0. The van der Waals surface area contributed by atoms with E-state index in [0.717, 1.165) is 19.3 Å². The molecule has 0 aromatic heterocycles. The van der Waals surface area contributed by atoms with E-state index in [-0.39, 0.29) is 11.9 Å². The number of carbonyl (C=O) groups is 2. The third-order valence-corrected chi connectivity index (χ3v) is 4.25. The highest BCUT2D eigenvalue weighted by Crippen LogP contribution is 2.25. The van der Waals surface area contributed by atoms with Crippen molar-refractivity contribution in [3.8, 4) is 0 Å². The first-order valence-corrected chi connectivity index (χ1v) is 8.30. The van der Waals surface area contributed by atoms with Gasteiger partial charge in [-0.2, -0.15) is 0 Å². The third kappa shape index (κ3) is 6.02. The molecule has 1 saturated carbocycles. The minimum atomic E-state index is -0.808. The third-order valence-electron chi connectivity index (χ3n) is 4.25. The van der Waals surface area contributed by atoms with E-state index in [4.69, 9.17) is 9.84 Å². The van der Waals surface area contributed by atoms with Gasteiger partial charge in [0.1, 0.15) is 0 Å². The summed E-state index contributed by atoms with van der Waals surface area (Å²) in [5.41, 5.74) is 1.24. The van der Waals surface area contributed by atoms with E-state index < -0.39 is 11.9 Å². The van der Waals surface area contributed by atoms with Crippen molar-refractivity contribution in [1.29, 1.82) is 0 Å². The van der Waals surface area contributed by atoms with E-state index in [1.54, 1.807) is 0 Å². The normalized spacial score (nSPS) is 20.3. The average Bonchev–Trinajstić information content (AvgIpc) is 3.00. The van der Waals surface area contributed by atoms with Gasteiger partial charge in [-0.3, -0.25) is 9.59 Å². The van der Waals surface area contributed by atoms with E-state index in [1.807, 2.05) is 18.2 Å². The lowest BCUT2D eigenvalue weighted by atomic mass is 10.0. The van der Waals surface area contributed by atoms with E-state index in [0.29, 0.717) is 32.5 Å². The second-order valence-corrected chi connectivity index (χ2v) is 6.00.